The van der Waals surface area contributed by atoms with Crippen molar-refractivity contribution in [2.24, 2.45) is 5.84 Å². The molecular formula is C13H26N6O2. The molecule has 0 fully saturated rings. The number of nitrogens with zero attached hydrogens (tertiary/aromatic N) is 3. The second kappa shape index (κ2) is 9.30. The number of nitrogen functional groups attached to an aromatic ring is 1. The minimum atomic E-state index is -0.0148. The quantitative estimate of drug-likeness (QED) is 0.339. The van der Waals surface area contributed by atoms with Crippen molar-refractivity contribution in [1.82, 2.24) is 15.0 Å². The lowest BCUT2D eigenvalue weighted by atomic mass is 10.3. The van der Waals surface area contributed by atoms with Crippen molar-refractivity contribution in [1.29, 1.82) is 0 Å². The SMILES string of the molecule is CC(C)OCCCCNc1nc(NN)nc(OC(C)C)n1. The topological polar surface area (TPSA) is 107 Å². The number of hydrogen-bond acceptors (Lipinski definition) is 8. The zero-order valence-corrected chi connectivity index (χ0v) is 13.2. The van der Waals surface area contributed by atoms with Crippen LogP contribution in [0.3, 0.4) is 0 Å². The Morgan fingerprint density at radius 3 is 2.33 bits per heavy atom. The van der Waals surface area contributed by atoms with E-state index in [1.165, 1.54) is 0 Å². The predicted octanol–water partition coefficient (Wildman–Crippen LogP) is 1.56. The van der Waals surface area contributed by atoms with Crippen molar-refractivity contribution >= 4 is 11.9 Å². The van der Waals surface area contributed by atoms with Gasteiger partial charge in [0.1, 0.15) is 0 Å². The van der Waals surface area contributed by atoms with Crippen LogP contribution in [-0.4, -0.2) is 40.3 Å². The van der Waals surface area contributed by atoms with Gasteiger partial charge in [0.05, 0.1) is 12.2 Å². The number of aromatic nitrogens is 3. The lowest BCUT2D eigenvalue weighted by molar-refractivity contribution is 0.0765. The molecule has 1 heterocycles. The summed E-state index contributed by atoms with van der Waals surface area (Å²) in [5.41, 5.74) is 2.40. The van der Waals surface area contributed by atoms with Gasteiger partial charge < -0.3 is 14.8 Å². The minimum absolute atomic E-state index is 0.0148. The summed E-state index contributed by atoms with van der Waals surface area (Å²) < 4.78 is 10.9. The second-order valence-corrected chi connectivity index (χ2v) is 5.13. The Kier molecular flexibility index (Phi) is 7.70. The molecule has 4 N–H and O–H groups in total. The van der Waals surface area contributed by atoms with Crippen LogP contribution in [0.15, 0.2) is 0 Å². The summed E-state index contributed by atoms with van der Waals surface area (Å²) >= 11 is 0. The van der Waals surface area contributed by atoms with Gasteiger partial charge in [0.15, 0.2) is 0 Å². The number of hydrazine groups is 1. The summed E-state index contributed by atoms with van der Waals surface area (Å²) in [5.74, 6) is 6.05. The van der Waals surface area contributed by atoms with Crippen LogP contribution >= 0.6 is 0 Å². The first-order chi connectivity index (χ1) is 10.0. The Morgan fingerprint density at radius 1 is 1.00 bits per heavy atom. The van der Waals surface area contributed by atoms with Crippen molar-refractivity contribution in [2.45, 2.75) is 52.7 Å². The molecule has 8 heteroatoms. The Labute approximate surface area is 125 Å². The average molecular weight is 298 g/mol. The van der Waals surface area contributed by atoms with Gasteiger partial charge in [-0.3, -0.25) is 5.43 Å². The molecular weight excluding hydrogens is 272 g/mol. The molecule has 0 spiro atoms. The monoisotopic (exact) mass is 298 g/mol. The Balaban J connectivity index is 2.42. The maximum Gasteiger partial charge on any atom is 0.323 e. The third-order valence-corrected chi connectivity index (χ3v) is 2.39. The third kappa shape index (κ3) is 7.62. The van der Waals surface area contributed by atoms with Gasteiger partial charge in [0.2, 0.25) is 11.9 Å². The number of ether oxygens (including phenoxy) is 2. The predicted molar refractivity (Wildman–Crippen MR) is 82.2 cm³/mol. The maximum atomic E-state index is 5.48. The molecule has 1 aromatic rings. The molecule has 1 aromatic heterocycles. The van der Waals surface area contributed by atoms with Gasteiger partial charge in [-0.05, 0) is 40.5 Å². The Hall–Kier alpha value is -1.67. The first kappa shape index (κ1) is 17.4. The summed E-state index contributed by atoms with van der Waals surface area (Å²) in [4.78, 5) is 12.3. The molecule has 0 aromatic carbocycles. The van der Waals surface area contributed by atoms with Crippen LogP contribution < -0.4 is 21.3 Å². The van der Waals surface area contributed by atoms with Crippen LogP contribution in [0.5, 0.6) is 6.01 Å². The second-order valence-electron chi connectivity index (χ2n) is 5.13. The van der Waals surface area contributed by atoms with Gasteiger partial charge in [-0.1, -0.05) is 0 Å². The number of anilines is 2. The van der Waals surface area contributed by atoms with Crippen LogP contribution in [0.1, 0.15) is 40.5 Å². The van der Waals surface area contributed by atoms with E-state index in [2.05, 4.69) is 25.7 Å². The van der Waals surface area contributed by atoms with Crippen molar-refractivity contribution in [3.05, 3.63) is 0 Å². The maximum absolute atomic E-state index is 5.48. The van der Waals surface area contributed by atoms with Crippen LogP contribution in [0, 0.1) is 0 Å². The highest BCUT2D eigenvalue weighted by Crippen LogP contribution is 2.11. The van der Waals surface area contributed by atoms with E-state index < -0.39 is 0 Å². The lowest BCUT2D eigenvalue weighted by Gasteiger charge is -2.11. The molecule has 0 amide bonds. The van der Waals surface area contributed by atoms with Crippen LogP contribution in [0.25, 0.3) is 0 Å². The van der Waals surface area contributed by atoms with E-state index in [-0.39, 0.29) is 24.2 Å². The molecule has 0 saturated heterocycles. The van der Waals surface area contributed by atoms with Gasteiger partial charge in [0.25, 0.3) is 0 Å². The molecule has 8 nitrogen and oxygen atoms in total. The summed E-state index contributed by atoms with van der Waals surface area (Å²) in [6.45, 7) is 9.37. The fourth-order valence-corrected chi connectivity index (χ4v) is 1.51. The minimum Gasteiger partial charge on any atom is -0.461 e. The molecule has 1 rings (SSSR count). The van der Waals surface area contributed by atoms with Gasteiger partial charge >= 0.3 is 6.01 Å². The summed E-state index contributed by atoms with van der Waals surface area (Å²) in [6, 6.07) is 0.249. The largest absolute Gasteiger partial charge is 0.461 e. The molecule has 0 aliphatic heterocycles. The Bertz CT molecular complexity index is 414. The van der Waals surface area contributed by atoms with Gasteiger partial charge in [-0.25, -0.2) is 5.84 Å². The zero-order valence-electron chi connectivity index (χ0n) is 13.2. The number of nitrogens with two attached hydrogens (primary N) is 1. The fourth-order valence-electron chi connectivity index (χ4n) is 1.51. The number of rotatable bonds is 10. The van der Waals surface area contributed by atoms with E-state index in [1.807, 2.05) is 27.7 Å². The summed E-state index contributed by atoms with van der Waals surface area (Å²) in [7, 11) is 0. The van der Waals surface area contributed by atoms with Crippen molar-refractivity contribution < 1.29 is 9.47 Å². The van der Waals surface area contributed by atoms with Crippen molar-refractivity contribution in [3.63, 3.8) is 0 Å². The van der Waals surface area contributed by atoms with Crippen LogP contribution in [0.4, 0.5) is 11.9 Å². The van der Waals surface area contributed by atoms with E-state index in [4.69, 9.17) is 15.3 Å². The molecule has 0 aliphatic rings. The average Bonchev–Trinajstić information content (AvgIpc) is 2.41. The first-order valence-electron chi connectivity index (χ1n) is 7.26. The highest BCUT2D eigenvalue weighted by atomic mass is 16.5. The molecule has 0 bridgehead atoms. The molecule has 0 atom stereocenters. The zero-order chi connectivity index (χ0) is 15.7. The molecule has 0 radical (unpaired) electrons. The van der Waals surface area contributed by atoms with Crippen LogP contribution in [0.2, 0.25) is 0 Å². The number of unbranched alkanes of at least 4 members (excludes halogenated alkanes) is 1. The summed E-state index contributed by atoms with van der Waals surface area (Å²) in [5, 5.41) is 3.13. The number of nitrogens with one attached hydrogen (secondary N) is 2. The van der Waals surface area contributed by atoms with Crippen LogP contribution in [-0.2, 0) is 4.74 Å². The van der Waals surface area contributed by atoms with Gasteiger partial charge in [0, 0.05) is 13.2 Å². The molecule has 21 heavy (non-hydrogen) atoms. The first-order valence-corrected chi connectivity index (χ1v) is 7.26. The standard InChI is InChI=1S/C13H26N6O2/c1-9(2)20-8-6-5-7-15-11-16-12(19-14)18-13(17-11)21-10(3)4/h9-10H,5-8,14H2,1-4H3,(H2,15,16,17,18,19). The Morgan fingerprint density at radius 2 is 1.71 bits per heavy atom. The number of hydrogen-bond donors (Lipinski definition) is 3. The molecule has 0 aliphatic carbocycles. The third-order valence-electron chi connectivity index (χ3n) is 2.39. The smallest absolute Gasteiger partial charge is 0.323 e. The van der Waals surface area contributed by atoms with Gasteiger partial charge in [-0.15, -0.1) is 0 Å². The van der Waals surface area contributed by atoms with E-state index in [0.29, 0.717) is 5.95 Å². The van der Waals surface area contributed by atoms with Crippen molar-refractivity contribution in [2.75, 3.05) is 23.9 Å². The normalized spacial score (nSPS) is 11.0. The molecule has 0 saturated carbocycles. The molecule has 0 unspecified atom stereocenters. The summed E-state index contributed by atoms with van der Waals surface area (Å²) in [6.07, 6.45) is 2.20. The lowest BCUT2D eigenvalue weighted by Crippen LogP contribution is -2.16. The molecule has 120 valence electrons. The van der Waals surface area contributed by atoms with Crippen molar-refractivity contribution in [3.8, 4) is 6.01 Å². The highest BCUT2D eigenvalue weighted by Gasteiger charge is 2.08. The van der Waals surface area contributed by atoms with E-state index in [1.54, 1.807) is 0 Å². The van der Waals surface area contributed by atoms with E-state index >= 15 is 0 Å². The van der Waals surface area contributed by atoms with E-state index in [9.17, 15) is 0 Å². The fraction of sp³-hybridized carbons (Fsp3) is 0.769. The highest BCUT2D eigenvalue weighted by molar-refractivity contribution is 5.34. The van der Waals surface area contributed by atoms with E-state index in [0.717, 1.165) is 26.0 Å². The van der Waals surface area contributed by atoms with Gasteiger partial charge in [-0.2, -0.15) is 15.0 Å².